The van der Waals surface area contributed by atoms with Gasteiger partial charge in [-0.3, -0.25) is 9.59 Å². The summed E-state index contributed by atoms with van der Waals surface area (Å²) in [7, 11) is 0. The van der Waals surface area contributed by atoms with Crippen molar-refractivity contribution in [1.82, 2.24) is 10.2 Å². The smallest absolute Gasteiger partial charge is 0.278 e. The third kappa shape index (κ3) is 5.01. The van der Waals surface area contributed by atoms with Gasteiger partial charge in [-0.15, -0.1) is 0 Å². The van der Waals surface area contributed by atoms with Gasteiger partial charge in [0.05, 0.1) is 13.1 Å². The number of rotatable bonds is 5. The second-order valence-electron chi connectivity index (χ2n) is 7.14. The highest BCUT2D eigenvalue weighted by molar-refractivity contribution is 5.79. The Kier molecular flexibility index (Phi) is 6.02. The molecule has 1 aliphatic heterocycles. The van der Waals surface area contributed by atoms with E-state index >= 15 is 0 Å². The van der Waals surface area contributed by atoms with E-state index in [0.29, 0.717) is 26.2 Å². The van der Waals surface area contributed by atoms with Crippen LogP contribution in [0.15, 0.2) is 24.3 Å². The number of carbonyl (C=O) groups excluding carboxylic acids is 2. The first-order valence-electron chi connectivity index (χ1n) is 9.26. The van der Waals surface area contributed by atoms with E-state index in [1.807, 2.05) is 4.90 Å². The largest absolute Gasteiger partial charge is 0.346 e. The first kappa shape index (κ1) is 17.9. The molecule has 3 rings (SSSR count). The molecule has 0 aromatic heterocycles. The van der Waals surface area contributed by atoms with Gasteiger partial charge in [0.1, 0.15) is 5.82 Å². The molecule has 5 nitrogen and oxygen atoms in total. The fraction of sp³-hybridized carbons (Fsp3) is 0.579. The van der Waals surface area contributed by atoms with Crippen molar-refractivity contribution in [2.75, 3.05) is 26.2 Å². The summed E-state index contributed by atoms with van der Waals surface area (Å²) >= 11 is 0. The number of amides is 2. The Balaban J connectivity index is 1.69. The Labute approximate surface area is 148 Å². The van der Waals surface area contributed by atoms with Gasteiger partial charge in [-0.25, -0.2) is 4.39 Å². The van der Waals surface area contributed by atoms with Crippen molar-refractivity contribution < 1.29 is 18.9 Å². The molecule has 1 heterocycles. The highest BCUT2D eigenvalue weighted by Crippen LogP contribution is 2.24. The second kappa shape index (κ2) is 8.43. The summed E-state index contributed by atoms with van der Waals surface area (Å²) in [6, 6.07) is 6.64. The molecule has 1 saturated heterocycles. The minimum Gasteiger partial charge on any atom is -0.346 e. The van der Waals surface area contributed by atoms with Crippen LogP contribution >= 0.6 is 0 Å². The standard InChI is InChI=1S/C19H26FN3O2/c20-16-8-6-15(7-9-16)12-23(17-4-2-1-3-5-17)19(25)14-22-11-10-21-18(24)13-22/h6-9,17H,1-5,10-14H2,(H,21,24)/p+1. The van der Waals surface area contributed by atoms with Crippen LogP contribution < -0.4 is 10.2 Å². The summed E-state index contributed by atoms with van der Waals surface area (Å²) in [4.78, 5) is 27.5. The van der Waals surface area contributed by atoms with E-state index in [1.54, 1.807) is 12.1 Å². The Bertz CT molecular complexity index is 599. The summed E-state index contributed by atoms with van der Waals surface area (Å²) in [6.07, 6.45) is 5.59. The zero-order valence-electron chi connectivity index (χ0n) is 14.6. The Morgan fingerprint density at radius 3 is 2.60 bits per heavy atom. The maximum absolute atomic E-state index is 13.2. The Hall–Kier alpha value is -1.95. The lowest BCUT2D eigenvalue weighted by molar-refractivity contribution is -0.885. The number of nitrogens with zero attached hydrogens (tertiary/aromatic N) is 1. The third-order valence-corrected chi connectivity index (χ3v) is 5.21. The minimum atomic E-state index is -0.261. The summed E-state index contributed by atoms with van der Waals surface area (Å²) in [6.45, 7) is 2.64. The van der Waals surface area contributed by atoms with Crippen LogP contribution in [0.4, 0.5) is 4.39 Å². The van der Waals surface area contributed by atoms with Crippen LogP contribution in [0.2, 0.25) is 0 Å². The van der Waals surface area contributed by atoms with Crippen molar-refractivity contribution in [3.63, 3.8) is 0 Å². The predicted molar refractivity (Wildman–Crippen MR) is 92.4 cm³/mol. The van der Waals surface area contributed by atoms with Crippen LogP contribution in [-0.2, 0) is 16.1 Å². The lowest BCUT2D eigenvalue weighted by Crippen LogP contribution is -3.16. The van der Waals surface area contributed by atoms with Gasteiger partial charge in [0.25, 0.3) is 11.8 Å². The van der Waals surface area contributed by atoms with Crippen LogP contribution in [0.5, 0.6) is 0 Å². The van der Waals surface area contributed by atoms with Crippen molar-refractivity contribution in [2.45, 2.75) is 44.7 Å². The predicted octanol–water partition coefficient (Wildman–Crippen LogP) is 0.502. The average molecular weight is 348 g/mol. The molecule has 0 spiro atoms. The number of halogens is 1. The number of piperazine rings is 1. The maximum Gasteiger partial charge on any atom is 0.278 e. The van der Waals surface area contributed by atoms with Gasteiger partial charge >= 0.3 is 0 Å². The summed E-state index contributed by atoms with van der Waals surface area (Å²) in [5.74, 6) is -0.152. The van der Waals surface area contributed by atoms with E-state index in [4.69, 9.17) is 0 Å². The zero-order valence-corrected chi connectivity index (χ0v) is 14.6. The molecule has 0 radical (unpaired) electrons. The quantitative estimate of drug-likeness (QED) is 0.814. The molecule has 0 bridgehead atoms. The minimum absolute atomic E-state index is 0.0109. The van der Waals surface area contributed by atoms with Crippen molar-refractivity contribution in [3.8, 4) is 0 Å². The molecule has 1 unspecified atom stereocenters. The summed E-state index contributed by atoms with van der Waals surface area (Å²) in [5, 5.41) is 2.80. The molecule has 2 aliphatic rings. The van der Waals surface area contributed by atoms with Gasteiger partial charge in [-0.05, 0) is 30.5 Å². The molecule has 25 heavy (non-hydrogen) atoms. The average Bonchev–Trinajstić information content (AvgIpc) is 2.62. The van der Waals surface area contributed by atoms with E-state index in [1.165, 1.54) is 18.6 Å². The lowest BCUT2D eigenvalue weighted by Gasteiger charge is -2.35. The van der Waals surface area contributed by atoms with Crippen LogP contribution in [-0.4, -0.2) is 48.9 Å². The van der Waals surface area contributed by atoms with Gasteiger partial charge in [-0.2, -0.15) is 0 Å². The monoisotopic (exact) mass is 348 g/mol. The van der Waals surface area contributed by atoms with Crippen molar-refractivity contribution in [3.05, 3.63) is 35.6 Å². The van der Waals surface area contributed by atoms with E-state index in [-0.39, 0.29) is 23.7 Å². The molecule has 1 atom stereocenters. The Morgan fingerprint density at radius 1 is 1.20 bits per heavy atom. The van der Waals surface area contributed by atoms with Crippen molar-refractivity contribution in [2.24, 2.45) is 0 Å². The van der Waals surface area contributed by atoms with Gasteiger partial charge < -0.3 is 15.1 Å². The highest BCUT2D eigenvalue weighted by atomic mass is 19.1. The van der Waals surface area contributed by atoms with E-state index in [2.05, 4.69) is 5.32 Å². The van der Waals surface area contributed by atoms with Gasteiger partial charge in [-0.1, -0.05) is 31.4 Å². The van der Waals surface area contributed by atoms with Gasteiger partial charge in [0, 0.05) is 12.6 Å². The molecule has 136 valence electrons. The lowest BCUT2D eigenvalue weighted by atomic mass is 9.93. The number of carbonyl (C=O) groups is 2. The molecule has 1 saturated carbocycles. The fourth-order valence-electron chi connectivity index (χ4n) is 3.82. The highest BCUT2D eigenvalue weighted by Gasteiger charge is 2.30. The van der Waals surface area contributed by atoms with Gasteiger partial charge in [0.2, 0.25) is 0 Å². The molecule has 6 heteroatoms. The van der Waals surface area contributed by atoms with Crippen LogP contribution in [0.3, 0.4) is 0 Å². The second-order valence-corrected chi connectivity index (χ2v) is 7.14. The molecule has 1 aliphatic carbocycles. The first-order valence-corrected chi connectivity index (χ1v) is 9.26. The Morgan fingerprint density at radius 2 is 1.92 bits per heavy atom. The molecule has 1 aromatic rings. The molecule has 2 fully saturated rings. The number of nitrogens with one attached hydrogen (secondary N) is 2. The molecule has 2 N–H and O–H groups in total. The van der Waals surface area contributed by atoms with E-state index < -0.39 is 0 Å². The van der Waals surface area contributed by atoms with Crippen molar-refractivity contribution in [1.29, 1.82) is 0 Å². The zero-order chi connectivity index (χ0) is 17.6. The maximum atomic E-state index is 13.2. The number of benzene rings is 1. The topological polar surface area (TPSA) is 53.9 Å². The van der Waals surface area contributed by atoms with E-state index in [0.717, 1.165) is 42.7 Å². The van der Waals surface area contributed by atoms with Crippen LogP contribution in [0.25, 0.3) is 0 Å². The normalized spacial score (nSPS) is 21.6. The molecular formula is C19H27FN3O2+. The SMILES string of the molecule is O=C1C[NH+](CC(=O)N(Cc2ccc(F)cc2)C2CCCCC2)CCN1. The summed E-state index contributed by atoms with van der Waals surface area (Å²) < 4.78 is 13.2. The van der Waals surface area contributed by atoms with E-state index in [9.17, 15) is 14.0 Å². The summed E-state index contributed by atoms with van der Waals surface area (Å²) in [5.41, 5.74) is 0.951. The number of hydrogen-bond acceptors (Lipinski definition) is 2. The molecule has 2 amide bonds. The van der Waals surface area contributed by atoms with Gasteiger partial charge in [0.15, 0.2) is 13.1 Å². The van der Waals surface area contributed by atoms with Crippen LogP contribution in [0, 0.1) is 5.82 Å². The first-order chi connectivity index (χ1) is 12.1. The molecular weight excluding hydrogens is 321 g/mol. The fourth-order valence-corrected chi connectivity index (χ4v) is 3.82. The van der Waals surface area contributed by atoms with Crippen molar-refractivity contribution >= 4 is 11.8 Å². The third-order valence-electron chi connectivity index (χ3n) is 5.21. The van der Waals surface area contributed by atoms with Crippen LogP contribution in [0.1, 0.15) is 37.7 Å². The number of quaternary nitrogens is 1. The number of hydrogen-bond donors (Lipinski definition) is 2. The molecule has 1 aromatic carbocycles.